The van der Waals surface area contributed by atoms with Crippen molar-refractivity contribution in [2.24, 2.45) is 11.7 Å². The molecule has 1 aliphatic carbocycles. The van der Waals surface area contributed by atoms with Gasteiger partial charge in [-0.05, 0) is 37.3 Å². The average Bonchev–Trinajstić information content (AvgIpc) is 2.96. The van der Waals surface area contributed by atoms with E-state index >= 15 is 0 Å². The molecule has 2 nitrogen and oxygen atoms in total. The first-order valence-corrected chi connectivity index (χ1v) is 6.70. The summed E-state index contributed by atoms with van der Waals surface area (Å²) in [6.07, 6.45) is 4.94. The van der Waals surface area contributed by atoms with E-state index in [4.69, 9.17) is 5.73 Å². The number of nitrogens with two attached hydrogens (primary N) is 1. The van der Waals surface area contributed by atoms with Crippen molar-refractivity contribution < 1.29 is 4.39 Å². The van der Waals surface area contributed by atoms with Crippen LogP contribution >= 0.6 is 0 Å². The molecule has 1 fully saturated rings. The summed E-state index contributed by atoms with van der Waals surface area (Å²) in [6.45, 7) is 1.99. The molecule has 18 heavy (non-hydrogen) atoms. The molecule has 1 aromatic heterocycles. The van der Waals surface area contributed by atoms with E-state index in [0.29, 0.717) is 11.4 Å². The number of hydrogen-bond donors (Lipinski definition) is 2. The summed E-state index contributed by atoms with van der Waals surface area (Å²) in [5.41, 5.74) is 9.13. The number of rotatable bonds is 2. The molecule has 3 rings (SSSR count). The van der Waals surface area contributed by atoms with E-state index in [0.717, 1.165) is 16.6 Å². The van der Waals surface area contributed by atoms with Gasteiger partial charge in [-0.15, -0.1) is 0 Å². The number of aryl methyl sites for hydroxylation is 1. The number of aromatic amines is 1. The van der Waals surface area contributed by atoms with Gasteiger partial charge in [0.05, 0.1) is 5.52 Å². The van der Waals surface area contributed by atoms with Crippen molar-refractivity contribution in [3.8, 4) is 0 Å². The predicted octanol–water partition coefficient (Wildman–Crippen LogP) is 3.81. The molecule has 1 heterocycles. The molecule has 3 heteroatoms. The highest BCUT2D eigenvalue weighted by molar-refractivity contribution is 5.85. The van der Waals surface area contributed by atoms with Crippen molar-refractivity contribution in [2.75, 3.05) is 0 Å². The van der Waals surface area contributed by atoms with E-state index in [2.05, 4.69) is 4.98 Å². The molecule has 0 saturated heterocycles. The molecule has 1 unspecified atom stereocenters. The summed E-state index contributed by atoms with van der Waals surface area (Å²) in [4.78, 5) is 3.14. The summed E-state index contributed by atoms with van der Waals surface area (Å²) in [5, 5.41) is 0.951. The minimum Gasteiger partial charge on any atom is -0.356 e. The average molecular weight is 246 g/mol. The van der Waals surface area contributed by atoms with Crippen LogP contribution in [0.4, 0.5) is 4.39 Å². The molecule has 2 aromatic rings. The Morgan fingerprint density at radius 1 is 1.33 bits per heavy atom. The highest BCUT2D eigenvalue weighted by Crippen LogP contribution is 2.38. The standard InChI is InChI=1S/C15H19FN2/c1-9-13(14(17)10-5-2-3-6-10)11-7-4-8-12(16)15(11)18-9/h4,7-8,10,14,18H,2-3,5-6,17H2,1H3. The van der Waals surface area contributed by atoms with E-state index < -0.39 is 0 Å². The highest BCUT2D eigenvalue weighted by Gasteiger charge is 2.27. The van der Waals surface area contributed by atoms with Crippen molar-refractivity contribution in [2.45, 2.75) is 38.6 Å². The molecule has 0 bridgehead atoms. The van der Waals surface area contributed by atoms with Gasteiger partial charge in [-0.3, -0.25) is 0 Å². The second-order valence-electron chi connectivity index (χ2n) is 5.40. The van der Waals surface area contributed by atoms with Crippen molar-refractivity contribution in [3.63, 3.8) is 0 Å². The smallest absolute Gasteiger partial charge is 0.147 e. The first-order chi connectivity index (χ1) is 8.68. The largest absolute Gasteiger partial charge is 0.356 e. The fourth-order valence-corrected chi connectivity index (χ4v) is 3.31. The van der Waals surface area contributed by atoms with Crippen LogP contribution in [0, 0.1) is 18.7 Å². The lowest BCUT2D eigenvalue weighted by Crippen LogP contribution is -2.19. The Balaban J connectivity index is 2.10. The Morgan fingerprint density at radius 2 is 2.06 bits per heavy atom. The van der Waals surface area contributed by atoms with Crippen LogP contribution in [0.1, 0.15) is 43.0 Å². The predicted molar refractivity (Wildman–Crippen MR) is 71.9 cm³/mol. The van der Waals surface area contributed by atoms with Gasteiger partial charge in [0.25, 0.3) is 0 Å². The Hall–Kier alpha value is -1.35. The monoisotopic (exact) mass is 246 g/mol. The van der Waals surface area contributed by atoms with Crippen LogP contribution in [0.3, 0.4) is 0 Å². The molecule has 1 atom stereocenters. The summed E-state index contributed by atoms with van der Waals surface area (Å²) in [5.74, 6) is 0.353. The number of benzene rings is 1. The maximum atomic E-state index is 13.7. The lowest BCUT2D eigenvalue weighted by Gasteiger charge is -2.19. The first-order valence-electron chi connectivity index (χ1n) is 6.70. The fraction of sp³-hybridized carbons (Fsp3) is 0.467. The van der Waals surface area contributed by atoms with Gasteiger partial charge in [0.2, 0.25) is 0 Å². The topological polar surface area (TPSA) is 41.8 Å². The lowest BCUT2D eigenvalue weighted by atomic mass is 9.91. The maximum absolute atomic E-state index is 13.7. The third-order valence-corrected chi connectivity index (χ3v) is 4.26. The Kier molecular flexibility index (Phi) is 2.86. The summed E-state index contributed by atoms with van der Waals surface area (Å²) < 4.78 is 13.7. The molecular formula is C15H19FN2. The zero-order valence-corrected chi connectivity index (χ0v) is 10.7. The Labute approximate surface area is 106 Å². The van der Waals surface area contributed by atoms with E-state index in [1.807, 2.05) is 13.0 Å². The van der Waals surface area contributed by atoms with Crippen LogP contribution < -0.4 is 5.73 Å². The van der Waals surface area contributed by atoms with Crippen LogP contribution in [0.5, 0.6) is 0 Å². The van der Waals surface area contributed by atoms with Crippen LogP contribution in [-0.4, -0.2) is 4.98 Å². The number of nitrogens with one attached hydrogen (secondary N) is 1. The number of H-pyrrole nitrogens is 1. The minimum absolute atomic E-state index is 0.0306. The zero-order chi connectivity index (χ0) is 12.7. The molecule has 1 aromatic carbocycles. The van der Waals surface area contributed by atoms with Crippen LogP contribution in [0.2, 0.25) is 0 Å². The van der Waals surface area contributed by atoms with E-state index in [9.17, 15) is 4.39 Å². The second kappa shape index (κ2) is 4.39. The van der Waals surface area contributed by atoms with E-state index in [1.54, 1.807) is 6.07 Å². The maximum Gasteiger partial charge on any atom is 0.147 e. The van der Waals surface area contributed by atoms with Crippen LogP contribution in [0.25, 0.3) is 10.9 Å². The molecule has 3 N–H and O–H groups in total. The third-order valence-electron chi connectivity index (χ3n) is 4.26. The van der Waals surface area contributed by atoms with Gasteiger partial charge in [0, 0.05) is 17.1 Å². The van der Waals surface area contributed by atoms with Crippen molar-refractivity contribution in [3.05, 3.63) is 35.3 Å². The summed E-state index contributed by atoms with van der Waals surface area (Å²) in [6, 6.07) is 5.24. The Morgan fingerprint density at radius 3 is 2.78 bits per heavy atom. The number of para-hydroxylation sites is 1. The second-order valence-corrected chi connectivity index (χ2v) is 5.40. The molecule has 1 saturated carbocycles. The normalized spacial score (nSPS) is 18.6. The zero-order valence-electron chi connectivity index (χ0n) is 10.7. The minimum atomic E-state index is -0.194. The first kappa shape index (κ1) is 11.7. The number of aromatic nitrogens is 1. The molecule has 96 valence electrons. The third kappa shape index (κ3) is 1.74. The van der Waals surface area contributed by atoms with Gasteiger partial charge in [0.1, 0.15) is 5.82 Å². The van der Waals surface area contributed by atoms with Gasteiger partial charge in [0.15, 0.2) is 0 Å². The van der Waals surface area contributed by atoms with Gasteiger partial charge in [-0.1, -0.05) is 25.0 Å². The summed E-state index contributed by atoms with van der Waals surface area (Å²) >= 11 is 0. The number of hydrogen-bond acceptors (Lipinski definition) is 1. The Bertz CT molecular complexity index is 567. The van der Waals surface area contributed by atoms with Crippen LogP contribution in [0.15, 0.2) is 18.2 Å². The van der Waals surface area contributed by atoms with Gasteiger partial charge in [-0.2, -0.15) is 0 Å². The number of halogens is 1. The van der Waals surface area contributed by atoms with E-state index in [1.165, 1.54) is 31.7 Å². The van der Waals surface area contributed by atoms with Gasteiger partial charge >= 0.3 is 0 Å². The van der Waals surface area contributed by atoms with Gasteiger partial charge in [-0.25, -0.2) is 4.39 Å². The van der Waals surface area contributed by atoms with Crippen LogP contribution in [-0.2, 0) is 0 Å². The molecule has 0 radical (unpaired) electrons. The van der Waals surface area contributed by atoms with Crippen molar-refractivity contribution >= 4 is 10.9 Å². The number of fused-ring (bicyclic) bond motifs is 1. The van der Waals surface area contributed by atoms with Crippen molar-refractivity contribution in [1.82, 2.24) is 4.98 Å². The molecule has 0 spiro atoms. The van der Waals surface area contributed by atoms with E-state index in [-0.39, 0.29) is 11.9 Å². The fourth-order valence-electron chi connectivity index (χ4n) is 3.31. The molecule has 0 aliphatic heterocycles. The quantitative estimate of drug-likeness (QED) is 0.831. The summed E-state index contributed by atoms with van der Waals surface area (Å²) in [7, 11) is 0. The molecule has 0 amide bonds. The molecule has 1 aliphatic rings. The lowest BCUT2D eigenvalue weighted by molar-refractivity contribution is 0.445. The molecular weight excluding hydrogens is 227 g/mol. The van der Waals surface area contributed by atoms with Gasteiger partial charge < -0.3 is 10.7 Å². The highest BCUT2D eigenvalue weighted by atomic mass is 19.1. The SMILES string of the molecule is Cc1[nH]c2c(F)cccc2c1C(N)C1CCCC1. The van der Waals surface area contributed by atoms with Crippen molar-refractivity contribution in [1.29, 1.82) is 0 Å².